The standard InChI is InChI=1S/C12H16N2O2S2/c1-14(18(15,16)12-4-5-12)8-11-7-10(9-17-11)3-2-6-13/h7,9,12H,4-6,8,13H2,1H3. The summed E-state index contributed by atoms with van der Waals surface area (Å²) >= 11 is 1.53. The summed E-state index contributed by atoms with van der Waals surface area (Å²) < 4.78 is 25.4. The molecule has 1 aliphatic rings. The first-order chi connectivity index (χ1) is 8.54. The number of nitrogens with zero attached hydrogens (tertiary/aromatic N) is 1. The molecule has 4 nitrogen and oxygen atoms in total. The van der Waals surface area contributed by atoms with Crippen LogP contribution in [0, 0.1) is 11.8 Å². The van der Waals surface area contributed by atoms with Gasteiger partial charge in [-0.2, -0.15) is 4.31 Å². The number of rotatable bonds is 4. The third-order valence-electron chi connectivity index (χ3n) is 2.75. The van der Waals surface area contributed by atoms with Crippen molar-refractivity contribution >= 4 is 21.4 Å². The largest absolute Gasteiger partial charge is 0.320 e. The molecule has 0 spiro atoms. The monoisotopic (exact) mass is 284 g/mol. The molecule has 0 aliphatic heterocycles. The van der Waals surface area contributed by atoms with Gasteiger partial charge in [0.1, 0.15) is 0 Å². The second-order valence-electron chi connectivity index (χ2n) is 4.31. The van der Waals surface area contributed by atoms with Crippen molar-refractivity contribution in [1.82, 2.24) is 4.31 Å². The summed E-state index contributed by atoms with van der Waals surface area (Å²) in [5, 5.41) is 1.77. The molecular weight excluding hydrogens is 268 g/mol. The highest BCUT2D eigenvalue weighted by molar-refractivity contribution is 7.90. The Hall–Kier alpha value is -0.870. The quantitative estimate of drug-likeness (QED) is 0.838. The molecule has 98 valence electrons. The SMILES string of the molecule is CN(Cc1cc(C#CCN)cs1)S(=O)(=O)C1CC1. The third kappa shape index (κ3) is 3.12. The molecule has 0 bridgehead atoms. The Labute approximate surface area is 112 Å². The Bertz CT molecular complexity index is 577. The van der Waals surface area contributed by atoms with E-state index in [1.807, 2.05) is 11.4 Å². The Kier molecular flexibility index (Phi) is 4.07. The van der Waals surface area contributed by atoms with E-state index in [-0.39, 0.29) is 5.25 Å². The first-order valence-corrected chi connectivity index (χ1v) is 8.14. The van der Waals surface area contributed by atoms with Crippen LogP contribution in [0.1, 0.15) is 23.3 Å². The normalized spacial score (nSPS) is 15.5. The summed E-state index contributed by atoms with van der Waals surface area (Å²) in [6.45, 7) is 0.759. The van der Waals surface area contributed by atoms with Gasteiger partial charge in [-0.1, -0.05) is 11.8 Å². The molecule has 1 aliphatic carbocycles. The van der Waals surface area contributed by atoms with Gasteiger partial charge >= 0.3 is 0 Å². The summed E-state index contributed by atoms with van der Waals surface area (Å²) in [6, 6.07) is 1.92. The van der Waals surface area contributed by atoms with Crippen molar-refractivity contribution in [3.05, 3.63) is 21.9 Å². The second kappa shape index (κ2) is 5.41. The first kappa shape index (κ1) is 13.6. The van der Waals surface area contributed by atoms with Crippen LogP contribution in [0.2, 0.25) is 0 Å². The van der Waals surface area contributed by atoms with Crippen molar-refractivity contribution in [2.45, 2.75) is 24.6 Å². The first-order valence-electron chi connectivity index (χ1n) is 5.75. The van der Waals surface area contributed by atoms with Crippen LogP contribution in [0.3, 0.4) is 0 Å². The predicted octanol–water partition coefficient (Wildman–Crippen LogP) is 0.982. The molecule has 0 amide bonds. The lowest BCUT2D eigenvalue weighted by Crippen LogP contribution is -2.29. The fourth-order valence-corrected chi connectivity index (χ4v) is 4.12. The summed E-state index contributed by atoms with van der Waals surface area (Å²) in [4.78, 5) is 1.00. The second-order valence-corrected chi connectivity index (χ2v) is 7.62. The molecule has 2 rings (SSSR count). The van der Waals surface area contributed by atoms with Crippen LogP contribution in [0.4, 0.5) is 0 Å². The average Bonchev–Trinajstić information content (AvgIpc) is 3.10. The van der Waals surface area contributed by atoms with Crippen molar-refractivity contribution < 1.29 is 8.42 Å². The highest BCUT2D eigenvalue weighted by Gasteiger charge is 2.38. The zero-order valence-electron chi connectivity index (χ0n) is 10.2. The van der Waals surface area contributed by atoms with Gasteiger partial charge in [0.25, 0.3) is 0 Å². The minimum atomic E-state index is -3.09. The number of thiophene rings is 1. The van der Waals surface area contributed by atoms with Crippen LogP contribution in [0.5, 0.6) is 0 Å². The molecule has 1 aromatic rings. The molecule has 0 saturated heterocycles. The van der Waals surface area contributed by atoms with Crippen molar-refractivity contribution in [2.24, 2.45) is 5.73 Å². The van der Waals surface area contributed by atoms with Crippen molar-refractivity contribution in [3.8, 4) is 11.8 Å². The summed E-state index contributed by atoms with van der Waals surface area (Å²) in [5.41, 5.74) is 6.20. The molecule has 0 aromatic carbocycles. The highest BCUT2D eigenvalue weighted by Crippen LogP contribution is 2.31. The van der Waals surface area contributed by atoms with Gasteiger partial charge in [-0.25, -0.2) is 8.42 Å². The van der Waals surface area contributed by atoms with Gasteiger partial charge in [0.05, 0.1) is 11.8 Å². The van der Waals surface area contributed by atoms with Gasteiger partial charge in [-0.3, -0.25) is 0 Å². The van der Waals surface area contributed by atoms with E-state index in [1.54, 1.807) is 7.05 Å². The maximum atomic E-state index is 12.0. The molecule has 0 atom stereocenters. The number of hydrogen-bond acceptors (Lipinski definition) is 4. The summed E-state index contributed by atoms with van der Waals surface area (Å²) in [6.07, 6.45) is 1.59. The van der Waals surface area contributed by atoms with Gasteiger partial charge < -0.3 is 5.73 Å². The highest BCUT2D eigenvalue weighted by atomic mass is 32.2. The van der Waals surface area contributed by atoms with E-state index in [1.165, 1.54) is 15.6 Å². The fraction of sp³-hybridized carbons (Fsp3) is 0.500. The summed E-state index contributed by atoms with van der Waals surface area (Å²) in [5.74, 6) is 5.72. The van der Waals surface area contributed by atoms with Crippen molar-refractivity contribution in [2.75, 3.05) is 13.6 Å². The molecule has 1 fully saturated rings. The zero-order valence-corrected chi connectivity index (χ0v) is 11.9. The van der Waals surface area contributed by atoms with Crippen molar-refractivity contribution in [1.29, 1.82) is 0 Å². The van der Waals surface area contributed by atoms with E-state index >= 15 is 0 Å². The van der Waals surface area contributed by atoms with E-state index in [4.69, 9.17) is 5.73 Å². The van der Waals surface area contributed by atoms with Crippen molar-refractivity contribution in [3.63, 3.8) is 0 Å². The van der Waals surface area contributed by atoms with E-state index in [0.717, 1.165) is 23.3 Å². The number of hydrogen-bond donors (Lipinski definition) is 1. The molecule has 1 heterocycles. The van der Waals surface area contributed by atoms with E-state index in [0.29, 0.717) is 13.1 Å². The number of sulfonamides is 1. The van der Waals surface area contributed by atoms with E-state index in [9.17, 15) is 8.42 Å². The molecule has 0 unspecified atom stereocenters. The Morgan fingerprint density at radius 3 is 2.89 bits per heavy atom. The molecule has 1 aromatic heterocycles. The lowest BCUT2D eigenvalue weighted by Gasteiger charge is -2.15. The topological polar surface area (TPSA) is 63.4 Å². The third-order valence-corrected chi connectivity index (χ3v) is 5.98. The van der Waals surface area contributed by atoms with Crippen LogP contribution in [-0.2, 0) is 16.6 Å². The van der Waals surface area contributed by atoms with Crippen LogP contribution < -0.4 is 5.73 Å². The molecule has 0 radical (unpaired) electrons. The van der Waals surface area contributed by atoms with Gasteiger partial charge in [-0.05, 0) is 18.9 Å². The van der Waals surface area contributed by atoms with E-state index < -0.39 is 10.0 Å². The lowest BCUT2D eigenvalue weighted by atomic mass is 10.3. The van der Waals surface area contributed by atoms with E-state index in [2.05, 4.69) is 11.8 Å². The molecule has 1 saturated carbocycles. The van der Waals surface area contributed by atoms with Crippen LogP contribution >= 0.6 is 11.3 Å². The maximum absolute atomic E-state index is 12.0. The average molecular weight is 284 g/mol. The Balaban J connectivity index is 2.03. The minimum Gasteiger partial charge on any atom is -0.320 e. The van der Waals surface area contributed by atoms with Crippen LogP contribution in [-0.4, -0.2) is 31.6 Å². The number of nitrogens with two attached hydrogens (primary N) is 1. The molecular formula is C12H16N2O2S2. The predicted molar refractivity (Wildman–Crippen MR) is 73.7 cm³/mol. The van der Waals surface area contributed by atoms with Gasteiger partial charge in [0, 0.05) is 29.4 Å². The Morgan fingerprint density at radius 1 is 1.56 bits per heavy atom. The fourth-order valence-electron chi connectivity index (χ4n) is 1.61. The lowest BCUT2D eigenvalue weighted by molar-refractivity contribution is 0.468. The van der Waals surface area contributed by atoms with Gasteiger partial charge in [0.2, 0.25) is 10.0 Å². The Morgan fingerprint density at radius 2 is 2.28 bits per heavy atom. The maximum Gasteiger partial charge on any atom is 0.217 e. The molecule has 6 heteroatoms. The molecule has 2 N–H and O–H groups in total. The van der Waals surface area contributed by atoms with Crippen LogP contribution in [0.25, 0.3) is 0 Å². The van der Waals surface area contributed by atoms with Crippen LogP contribution in [0.15, 0.2) is 11.4 Å². The zero-order chi connectivity index (χ0) is 13.2. The minimum absolute atomic E-state index is 0.154. The van der Waals surface area contributed by atoms with Gasteiger partial charge in [-0.15, -0.1) is 11.3 Å². The summed E-state index contributed by atoms with van der Waals surface area (Å²) in [7, 11) is -1.45. The molecule has 18 heavy (non-hydrogen) atoms. The smallest absolute Gasteiger partial charge is 0.217 e. The van der Waals surface area contributed by atoms with Gasteiger partial charge in [0.15, 0.2) is 0 Å².